The number of hydrogen-bond acceptors (Lipinski definition) is 6. The van der Waals surface area contributed by atoms with Crippen LogP contribution in [0.3, 0.4) is 0 Å². The molecular formula is C29H24BrF3N6O2S2. The average molecular weight is 690 g/mol. The zero-order valence-electron chi connectivity index (χ0n) is 22.8. The van der Waals surface area contributed by atoms with E-state index in [-0.39, 0.29) is 17.6 Å². The second-order valence-electron chi connectivity index (χ2n) is 9.61. The van der Waals surface area contributed by atoms with Crippen LogP contribution in [0.15, 0.2) is 82.5 Å². The molecule has 1 amide bonds. The number of alkyl halides is 3. The molecule has 1 atom stereocenters. The number of nitrogens with one attached hydrogen (secondary N) is 1. The summed E-state index contributed by atoms with van der Waals surface area (Å²) in [4.78, 5) is 23.1. The Labute approximate surface area is 263 Å². The third-order valence-corrected chi connectivity index (χ3v) is 8.15. The molecule has 1 fully saturated rings. The number of thiocarbonyl (C=S) groups is 1. The van der Waals surface area contributed by atoms with Crippen LogP contribution in [0.5, 0.6) is 5.75 Å². The molecule has 5 rings (SSSR count). The van der Waals surface area contributed by atoms with Gasteiger partial charge in [0.05, 0.1) is 17.1 Å². The molecule has 2 heterocycles. The number of rotatable bonds is 7. The van der Waals surface area contributed by atoms with Gasteiger partial charge in [-0.3, -0.25) is 9.69 Å². The highest BCUT2D eigenvalue weighted by Crippen LogP contribution is 2.32. The van der Waals surface area contributed by atoms with Crippen LogP contribution in [0.25, 0.3) is 17.1 Å². The van der Waals surface area contributed by atoms with Crippen LogP contribution in [-0.2, 0) is 4.79 Å². The van der Waals surface area contributed by atoms with Crippen LogP contribution in [-0.4, -0.2) is 49.6 Å². The van der Waals surface area contributed by atoms with Crippen molar-refractivity contribution in [2.24, 2.45) is 4.99 Å². The van der Waals surface area contributed by atoms with E-state index in [1.807, 2.05) is 49.4 Å². The Morgan fingerprint density at radius 3 is 2.58 bits per heavy atom. The van der Waals surface area contributed by atoms with Crippen molar-refractivity contribution in [2.45, 2.75) is 26.1 Å². The van der Waals surface area contributed by atoms with Crippen LogP contribution in [0, 0.1) is 6.92 Å². The zero-order chi connectivity index (χ0) is 30.7. The first kappa shape index (κ1) is 30.7. The summed E-state index contributed by atoms with van der Waals surface area (Å²) < 4.78 is 43.5. The number of carbonyl (C=O) groups excluding carboxylic acids is 1. The number of anilines is 1. The second-order valence-corrected chi connectivity index (χ2v) is 11.9. The van der Waals surface area contributed by atoms with Gasteiger partial charge < -0.3 is 10.1 Å². The second kappa shape index (κ2) is 12.9. The molecule has 0 radical (unpaired) electrons. The van der Waals surface area contributed by atoms with Crippen molar-refractivity contribution in [2.75, 3.05) is 17.2 Å². The summed E-state index contributed by atoms with van der Waals surface area (Å²) in [5, 5.41) is 8.47. The van der Waals surface area contributed by atoms with Crippen LogP contribution in [0.2, 0.25) is 0 Å². The lowest BCUT2D eigenvalue weighted by molar-refractivity contribution is -0.274. The Kier molecular flexibility index (Phi) is 9.18. The Hall–Kier alpha value is -3.75. The fourth-order valence-electron chi connectivity index (χ4n) is 4.27. The molecule has 0 saturated carbocycles. The van der Waals surface area contributed by atoms with Gasteiger partial charge in [0.15, 0.2) is 16.1 Å². The number of aromatic nitrogens is 3. The molecule has 1 unspecified atom stereocenters. The molecule has 14 heteroatoms. The normalized spacial score (nSPS) is 15.2. The van der Waals surface area contributed by atoms with Gasteiger partial charge >= 0.3 is 6.36 Å². The summed E-state index contributed by atoms with van der Waals surface area (Å²) >= 11 is 10.3. The number of amidine groups is 1. The lowest BCUT2D eigenvalue weighted by Gasteiger charge is -2.19. The fraction of sp³-hybridized carbons (Fsp3) is 0.207. The number of hydrogen-bond donors (Lipinski definition) is 1. The molecule has 4 aromatic rings. The van der Waals surface area contributed by atoms with Gasteiger partial charge in [0.1, 0.15) is 12.1 Å². The van der Waals surface area contributed by atoms with Crippen molar-refractivity contribution in [3.05, 3.63) is 88.7 Å². The fourth-order valence-corrected chi connectivity index (χ4v) is 5.71. The quantitative estimate of drug-likeness (QED) is 0.209. The lowest BCUT2D eigenvalue weighted by Crippen LogP contribution is -2.32. The number of carbonyl (C=O) groups is 1. The molecular weight excluding hydrogens is 665 g/mol. The summed E-state index contributed by atoms with van der Waals surface area (Å²) in [6, 6.07) is 18.9. The number of aryl methyl sites for hydroxylation is 1. The smallest absolute Gasteiger partial charge is 0.406 e. The maximum Gasteiger partial charge on any atom is 0.573 e. The first-order valence-corrected chi connectivity index (χ1v) is 15.1. The minimum Gasteiger partial charge on any atom is -0.406 e. The van der Waals surface area contributed by atoms with Crippen molar-refractivity contribution >= 4 is 61.8 Å². The van der Waals surface area contributed by atoms with Gasteiger partial charge in [0, 0.05) is 16.6 Å². The topological polar surface area (TPSA) is 84.6 Å². The van der Waals surface area contributed by atoms with E-state index in [1.54, 1.807) is 4.90 Å². The predicted octanol–water partition coefficient (Wildman–Crippen LogP) is 7.02. The highest BCUT2D eigenvalue weighted by molar-refractivity contribution is 9.10. The van der Waals surface area contributed by atoms with Gasteiger partial charge in [0.2, 0.25) is 5.91 Å². The van der Waals surface area contributed by atoms with Crippen LogP contribution < -0.4 is 15.0 Å². The van der Waals surface area contributed by atoms with Gasteiger partial charge in [-0.05, 0) is 72.6 Å². The molecule has 8 nitrogen and oxygen atoms in total. The minimum atomic E-state index is -4.75. The third-order valence-electron chi connectivity index (χ3n) is 6.50. The van der Waals surface area contributed by atoms with Gasteiger partial charge in [0.25, 0.3) is 0 Å². The molecule has 1 aromatic heterocycles. The summed E-state index contributed by atoms with van der Waals surface area (Å²) in [6.07, 6.45) is -3.26. The Bertz CT molecular complexity index is 1680. The Morgan fingerprint density at radius 2 is 1.88 bits per heavy atom. The average Bonchev–Trinajstić information content (AvgIpc) is 3.60. The van der Waals surface area contributed by atoms with E-state index in [4.69, 9.17) is 12.2 Å². The van der Waals surface area contributed by atoms with Crippen molar-refractivity contribution in [3.8, 4) is 22.8 Å². The SMILES string of the molecule is Cc1ccc(Br)cc1N1C(=O)CSC1=NC(=S)NCC(C)c1ccc(-c2ncn(-c3ccc(OC(F)(F)F)cc3)n2)cc1. The summed E-state index contributed by atoms with van der Waals surface area (Å²) in [5.74, 6) is 0.505. The number of ether oxygens (including phenoxy) is 1. The van der Waals surface area contributed by atoms with E-state index in [9.17, 15) is 18.0 Å². The molecule has 1 N–H and O–H groups in total. The van der Waals surface area contributed by atoms with Crippen LogP contribution in [0.4, 0.5) is 18.9 Å². The molecule has 1 saturated heterocycles. The maximum atomic E-state index is 12.6. The first-order valence-electron chi connectivity index (χ1n) is 12.9. The van der Waals surface area contributed by atoms with Gasteiger partial charge in [-0.25, -0.2) is 9.67 Å². The van der Waals surface area contributed by atoms with Crippen molar-refractivity contribution < 1.29 is 22.7 Å². The third kappa shape index (κ3) is 7.61. The standard InChI is InChI=1S/C29H24BrF3N6O2S2/c1-17-3-8-21(30)13-24(17)39-25(40)15-43-28(39)36-27(42)34-14-18(2)19-4-6-20(7-5-19)26-35-16-38(37-26)22-9-11-23(12-10-22)41-29(31,32)33/h3-13,16,18H,14-15H2,1-2H3,(H,34,42). The molecule has 0 spiro atoms. The number of nitrogens with zero attached hydrogens (tertiary/aromatic N) is 5. The molecule has 1 aliphatic heterocycles. The molecule has 0 aliphatic carbocycles. The van der Waals surface area contributed by atoms with Crippen molar-refractivity contribution in [1.82, 2.24) is 20.1 Å². The molecule has 222 valence electrons. The Morgan fingerprint density at radius 1 is 1.16 bits per heavy atom. The highest BCUT2D eigenvalue weighted by Gasteiger charge is 2.32. The maximum absolute atomic E-state index is 12.6. The van der Waals surface area contributed by atoms with E-state index < -0.39 is 6.36 Å². The summed E-state index contributed by atoms with van der Waals surface area (Å²) in [6.45, 7) is 4.53. The molecule has 43 heavy (non-hydrogen) atoms. The first-order chi connectivity index (χ1) is 20.5. The summed E-state index contributed by atoms with van der Waals surface area (Å²) in [5.41, 5.74) is 4.11. The van der Waals surface area contributed by atoms with Gasteiger partial charge in [-0.1, -0.05) is 64.9 Å². The summed E-state index contributed by atoms with van der Waals surface area (Å²) in [7, 11) is 0. The lowest BCUT2D eigenvalue weighted by atomic mass is 10.00. The van der Waals surface area contributed by atoms with Gasteiger partial charge in [-0.15, -0.1) is 18.3 Å². The highest BCUT2D eigenvalue weighted by atomic mass is 79.9. The zero-order valence-corrected chi connectivity index (χ0v) is 26.0. The van der Waals surface area contributed by atoms with E-state index in [0.29, 0.717) is 34.1 Å². The molecule has 3 aromatic carbocycles. The minimum absolute atomic E-state index is 0.0473. The predicted molar refractivity (Wildman–Crippen MR) is 169 cm³/mol. The van der Waals surface area contributed by atoms with E-state index >= 15 is 0 Å². The van der Waals surface area contributed by atoms with E-state index in [1.165, 1.54) is 47.0 Å². The molecule has 0 bridgehead atoms. The molecule has 1 aliphatic rings. The number of benzene rings is 3. The van der Waals surface area contributed by atoms with Gasteiger partial charge in [-0.2, -0.15) is 4.99 Å². The van der Waals surface area contributed by atoms with Crippen LogP contribution >= 0.6 is 39.9 Å². The monoisotopic (exact) mass is 688 g/mol. The largest absolute Gasteiger partial charge is 0.573 e. The number of halogens is 4. The number of thioether (sulfide) groups is 1. The van der Waals surface area contributed by atoms with E-state index in [2.05, 4.69) is 48.0 Å². The number of aliphatic imine (C=N–C) groups is 1. The van der Waals surface area contributed by atoms with Crippen molar-refractivity contribution in [1.29, 1.82) is 0 Å². The van der Waals surface area contributed by atoms with Crippen molar-refractivity contribution in [3.63, 3.8) is 0 Å². The Balaban J connectivity index is 1.19. The van der Waals surface area contributed by atoms with E-state index in [0.717, 1.165) is 26.9 Å². The van der Waals surface area contributed by atoms with Crippen LogP contribution in [0.1, 0.15) is 24.0 Å². The number of amides is 1.